The molecule has 0 amide bonds. The predicted molar refractivity (Wildman–Crippen MR) is 97.2 cm³/mol. The minimum atomic E-state index is -1.34. The van der Waals surface area contributed by atoms with Crippen molar-refractivity contribution in [1.82, 2.24) is 0 Å². The summed E-state index contributed by atoms with van der Waals surface area (Å²) >= 11 is 8.24. The number of hydrogen-bond acceptors (Lipinski definition) is 0. The zero-order valence-electron chi connectivity index (χ0n) is 11.0. The van der Waals surface area contributed by atoms with Crippen LogP contribution in [0.5, 0.6) is 0 Å². The van der Waals surface area contributed by atoms with E-state index in [0.717, 1.165) is 0 Å². The Hall–Kier alpha value is 2.40. The maximum atomic E-state index is 3.90. The van der Waals surface area contributed by atoms with Crippen LogP contribution in [0.25, 0.3) is 0 Å². The zero-order chi connectivity index (χ0) is 14.0. The van der Waals surface area contributed by atoms with Gasteiger partial charge in [0.15, 0.2) is 0 Å². The van der Waals surface area contributed by atoms with Crippen LogP contribution in [0.1, 0.15) is 20.8 Å². The van der Waals surface area contributed by atoms with Gasteiger partial charge in [0.05, 0.1) is 0 Å². The van der Waals surface area contributed by atoms with Crippen molar-refractivity contribution in [3.8, 4) is 0 Å². The Morgan fingerprint density at radius 3 is 1.18 bits per heavy atom. The van der Waals surface area contributed by atoms with Gasteiger partial charge in [0, 0.05) is 0 Å². The summed E-state index contributed by atoms with van der Waals surface area (Å²) in [4.78, 5) is 0. The van der Waals surface area contributed by atoms with Gasteiger partial charge in [-0.15, -0.1) is 0 Å². The molecule has 0 bridgehead atoms. The summed E-state index contributed by atoms with van der Waals surface area (Å²) in [5, 5.41) is 0. The van der Waals surface area contributed by atoms with Crippen molar-refractivity contribution in [2.75, 3.05) is 0 Å². The average Bonchev–Trinajstić information content (AvgIpc) is 1.97. The van der Waals surface area contributed by atoms with Crippen LogP contribution in [0.15, 0.2) is 36.5 Å². The molecule has 0 aromatic rings. The van der Waals surface area contributed by atoms with Gasteiger partial charge in [0.25, 0.3) is 0 Å². The molecule has 0 radical (unpaired) electrons. The standard InChI is InChI=1S/3C4H7.3BrH.2In/c3*1-4(2)3;;;;;/h3*1-2H2,3H3;3*1H;;/q;;;;;;+1;+2/p-3. The summed E-state index contributed by atoms with van der Waals surface area (Å²) in [5.41, 5.74) is 3.92. The molecule has 0 saturated heterocycles. The van der Waals surface area contributed by atoms with Crippen molar-refractivity contribution < 1.29 is 0 Å². The van der Waals surface area contributed by atoms with Crippen molar-refractivity contribution in [1.29, 1.82) is 0 Å². The third-order valence-electron chi connectivity index (χ3n) is 1.64. The van der Waals surface area contributed by atoms with E-state index in [1.807, 2.05) is 0 Å². The Bertz CT molecular complexity index is 246. The maximum absolute atomic E-state index is 3.90. The van der Waals surface area contributed by atoms with Crippen molar-refractivity contribution >= 4 is 72.8 Å². The van der Waals surface area contributed by atoms with Gasteiger partial charge in [-0.2, -0.15) is 0 Å². The number of halogens is 3. The van der Waals surface area contributed by atoms with E-state index in [-0.39, 0.29) is 0 Å². The van der Waals surface area contributed by atoms with Gasteiger partial charge < -0.3 is 0 Å². The van der Waals surface area contributed by atoms with E-state index in [9.17, 15) is 0 Å². The van der Waals surface area contributed by atoms with Gasteiger partial charge in [-0.05, 0) is 0 Å². The van der Waals surface area contributed by atoms with Crippen LogP contribution in [0.2, 0.25) is 12.5 Å². The van der Waals surface area contributed by atoms with Gasteiger partial charge in [-0.3, -0.25) is 0 Å². The molecule has 0 atom stereocenters. The van der Waals surface area contributed by atoms with Crippen LogP contribution in [-0.4, -0.2) is 35.9 Å². The first kappa shape index (κ1) is 21.7. The molecule has 0 aliphatic carbocycles. The molecule has 0 aliphatic rings. The topological polar surface area (TPSA) is 0 Å². The van der Waals surface area contributed by atoms with Crippen LogP contribution in [0, 0.1) is 0 Å². The fourth-order valence-electron chi connectivity index (χ4n) is 1.09. The van der Waals surface area contributed by atoms with E-state index in [0.29, 0.717) is 0 Å². The second-order valence-electron chi connectivity index (χ2n) is 4.47. The molecule has 0 aromatic heterocycles. The molecule has 0 rings (SSSR count). The second-order valence-corrected chi connectivity index (χ2v) is 45.4. The molecule has 0 heterocycles. The van der Waals surface area contributed by atoms with Gasteiger partial charge in [-0.25, -0.2) is 0 Å². The number of rotatable bonds is 6. The third-order valence-corrected chi connectivity index (χ3v) is 19.7. The molecule has 0 unspecified atom stereocenters. The molecular weight excluding hydrogens is 613 g/mol. The first-order chi connectivity index (χ1) is 7.65. The Balaban J connectivity index is 0. The fraction of sp³-hybridized carbons (Fsp3) is 0.500. The Morgan fingerprint density at radius 1 is 0.765 bits per heavy atom. The summed E-state index contributed by atoms with van der Waals surface area (Å²) in [6, 6.07) is 0. The van der Waals surface area contributed by atoms with Crippen molar-refractivity contribution in [2.45, 2.75) is 33.3 Å². The summed E-state index contributed by atoms with van der Waals surface area (Å²) in [6.07, 6.45) is 0. The summed E-state index contributed by atoms with van der Waals surface area (Å²) in [5.74, 6) is 0. The predicted octanol–water partition coefficient (Wildman–Crippen LogP) is 6.37. The normalized spacial score (nSPS) is 8.82. The Morgan fingerprint density at radius 2 is 1.06 bits per heavy atom. The van der Waals surface area contributed by atoms with Gasteiger partial charge >= 0.3 is 143 Å². The summed E-state index contributed by atoms with van der Waals surface area (Å²) < 4.78 is 3.73. The molecule has 0 aliphatic heterocycles. The fourth-order valence-corrected chi connectivity index (χ4v) is 22.2. The molecule has 0 saturated carbocycles. The average molecular weight is 635 g/mol. The van der Waals surface area contributed by atoms with Crippen LogP contribution in [0.3, 0.4) is 0 Å². The second kappa shape index (κ2) is 13.4. The number of allylic oxidation sites excluding steroid dienone is 3. The molecule has 0 N–H and O–H groups in total. The Kier molecular flexibility index (Phi) is 17.1. The first-order valence-corrected chi connectivity index (χ1v) is 34.7. The summed E-state index contributed by atoms with van der Waals surface area (Å²) in [6.45, 7) is 17.8. The molecule has 96 valence electrons. The van der Waals surface area contributed by atoms with Crippen LogP contribution >= 0.6 is 36.9 Å². The number of hydrogen-bond donors (Lipinski definition) is 0. The quantitative estimate of drug-likeness (QED) is 0.298. The molecule has 0 spiro atoms. The van der Waals surface area contributed by atoms with E-state index in [1.165, 1.54) is 29.3 Å². The van der Waals surface area contributed by atoms with Crippen molar-refractivity contribution in [2.24, 2.45) is 0 Å². The van der Waals surface area contributed by atoms with E-state index in [2.05, 4.69) is 77.4 Å². The van der Waals surface area contributed by atoms with E-state index in [1.54, 1.807) is 0 Å². The first-order valence-electron chi connectivity index (χ1n) is 5.50. The van der Waals surface area contributed by atoms with Crippen LogP contribution in [0.4, 0.5) is 0 Å². The van der Waals surface area contributed by atoms with Crippen LogP contribution in [-0.2, 0) is 0 Å². The Labute approximate surface area is 140 Å². The van der Waals surface area contributed by atoms with Crippen molar-refractivity contribution in [3.05, 3.63) is 36.5 Å². The molecule has 5 heteroatoms. The molecular formula is C12H21Br3In2. The van der Waals surface area contributed by atoms with Gasteiger partial charge in [-0.1, -0.05) is 0 Å². The molecule has 0 fully saturated rings. The SMILES string of the molecule is C=C(C)[CH2][In]([Br])[Br].C=C(C)[CH2][In]([Br])[CH2]C(=C)C. The van der Waals surface area contributed by atoms with Crippen molar-refractivity contribution in [3.63, 3.8) is 0 Å². The van der Waals surface area contributed by atoms with Gasteiger partial charge in [0.1, 0.15) is 0 Å². The van der Waals surface area contributed by atoms with E-state index < -0.39 is 35.9 Å². The summed E-state index contributed by atoms with van der Waals surface area (Å²) in [7, 11) is 0. The third kappa shape index (κ3) is 23.9. The zero-order valence-corrected chi connectivity index (χ0v) is 22.4. The van der Waals surface area contributed by atoms with E-state index >= 15 is 0 Å². The molecule has 0 aromatic carbocycles. The van der Waals surface area contributed by atoms with Crippen LogP contribution < -0.4 is 0 Å². The molecule has 17 heavy (non-hydrogen) atoms. The minimum absolute atomic E-state index is 1.21. The molecule has 0 nitrogen and oxygen atoms in total. The monoisotopic (exact) mass is 632 g/mol. The van der Waals surface area contributed by atoms with E-state index in [4.69, 9.17) is 0 Å². The van der Waals surface area contributed by atoms with Gasteiger partial charge in [0.2, 0.25) is 0 Å².